The summed E-state index contributed by atoms with van der Waals surface area (Å²) in [5.41, 5.74) is 6.11. The number of carbonyl (C=O) groups excluding carboxylic acids is 1. The Morgan fingerprint density at radius 1 is 1.42 bits per heavy atom. The van der Waals surface area contributed by atoms with Crippen LogP contribution in [0.15, 0.2) is 30.5 Å². The van der Waals surface area contributed by atoms with Crippen molar-refractivity contribution in [3.63, 3.8) is 0 Å². The number of nitriles is 1. The van der Waals surface area contributed by atoms with Crippen LogP contribution in [-0.2, 0) is 4.74 Å². The molecule has 1 aromatic carbocycles. The number of aromatic nitrogens is 2. The first-order valence-electron chi connectivity index (χ1n) is 9.65. The zero-order valence-electron chi connectivity index (χ0n) is 16.9. The van der Waals surface area contributed by atoms with Crippen LogP contribution in [0.25, 0.3) is 0 Å². The normalized spacial score (nSPS) is 20.8. The molecule has 0 bridgehead atoms. The third-order valence-corrected chi connectivity index (χ3v) is 5.35. The number of hydrogen-bond acceptors (Lipinski definition) is 6. The maximum Gasteiger partial charge on any atom is 0.407 e. The number of anilines is 2. The first-order chi connectivity index (χ1) is 14.8. The average molecular weight is 430 g/mol. The molecule has 0 saturated carbocycles. The molecule has 2 amide bonds. The smallest absolute Gasteiger partial charge is 0.407 e. The van der Waals surface area contributed by atoms with Crippen molar-refractivity contribution in [1.82, 2.24) is 14.7 Å². The number of halogens is 1. The molecule has 3 atom stereocenters. The lowest BCUT2D eigenvalue weighted by atomic mass is 9.84. The molecule has 0 aliphatic carbocycles. The molecule has 1 unspecified atom stereocenters. The van der Waals surface area contributed by atoms with Gasteiger partial charge in [0.15, 0.2) is 5.82 Å². The van der Waals surface area contributed by atoms with Gasteiger partial charge in [0.1, 0.15) is 11.4 Å². The quantitative estimate of drug-likeness (QED) is 0.611. The van der Waals surface area contributed by atoms with Gasteiger partial charge in [-0.1, -0.05) is 0 Å². The monoisotopic (exact) mass is 430 g/mol. The van der Waals surface area contributed by atoms with E-state index >= 15 is 0 Å². The third kappa shape index (κ3) is 4.75. The van der Waals surface area contributed by atoms with Gasteiger partial charge in [-0.2, -0.15) is 10.4 Å². The summed E-state index contributed by atoms with van der Waals surface area (Å²) < 4.78 is 19.7. The molecule has 10 nitrogen and oxygen atoms in total. The van der Waals surface area contributed by atoms with Gasteiger partial charge in [0.05, 0.1) is 24.1 Å². The van der Waals surface area contributed by atoms with Crippen LogP contribution < -0.4 is 11.1 Å². The Morgan fingerprint density at radius 2 is 2.13 bits per heavy atom. The van der Waals surface area contributed by atoms with Gasteiger partial charge < -0.3 is 25.8 Å². The van der Waals surface area contributed by atoms with Gasteiger partial charge in [-0.05, 0) is 37.1 Å². The molecule has 1 aromatic heterocycles. The molecule has 2 heterocycles. The van der Waals surface area contributed by atoms with Crippen LogP contribution in [0.3, 0.4) is 0 Å². The standard InChI is InChI=1S/C20H23FN6O4/c1-31-9-7-16-14(10-22)17(6-8-26(16)20(29)30)27-11-15(18(23)28)19(25-27)24-13-4-2-12(21)3-5-13/h2-5,11,14,16-17H,6-9H2,1H3,(H2,23,28)(H,24,25)(H,29,30)/t14-,16?,17+/m0/s1. The predicted octanol–water partition coefficient (Wildman–Crippen LogP) is 2.33. The SMILES string of the molecule is COCCC1[C@H](C#N)[C@H](n2cc(C(N)=O)c(Nc3ccc(F)cc3)n2)CCN1C(=O)O. The van der Waals surface area contributed by atoms with E-state index in [0.717, 1.165) is 0 Å². The lowest BCUT2D eigenvalue weighted by molar-refractivity contribution is 0.0495. The van der Waals surface area contributed by atoms with Crippen molar-refractivity contribution in [2.75, 3.05) is 25.6 Å². The Morgan fingerprint density at radius 3 is 2.71 bits per heavy atom. The van der Waals surface area contributed by atoms with Gasteiger partial charge in [-0.25, -0.2) is 9.18 Å². The van der Waals surface area contributed by atoms with E-state index in [1.165, 1.54) is 47.2 Å². The Labute approximate surface area is 178 Å². The molecule has 164 valence electrons. The minimum atomic E-state index is -1.10. The van der Waals surface area contributed by atoms with E-state index in [9.17, 15) is 24.3 Å². The highest BCUT2D eigenvalue weighted by Gasteiger charge is 2.42. The number of methoxy groups -OCH3 is 1. The highest BCUT2D eigenvalue weighted by Crippen LogP contribution is 2.35. The molecule has 0 spiro atoms. The van der Waals surface area contributed by atoms with E-state index in [1.807, 2.05) is 0 Å². The van der Waals surface area contributed by atoms with Crippen molar-refractivity contribution in [3.05, 3.63) is 41.8 Å². The number of piperidine rings is 1. The second-order valence-electron chi connectivity index (χ2n) is 7.20. The summed E-state index contributed by atoms with van der Waals surface area (Å²) in [6, 6.07) is 6.66. The summed E-state index contributed by atoms with van der Waals surface area (Å²) in [5, 5.41) is 26.7. The van der Waals surface area contributed by atoms with Crippen LogP contribution in [-0.4, -0.2) is 58.1 Å². The summed E-state index contributed by atoms with van der Waals surface area (Å²) in [6.07, 6.45) is 1.04. The number of nitrogens with two attached hydrogens (primary N) is 1. The van der Waals surface area contributed by atoms with Crippen molar-refractivity contribution >= 4 is 23.5 Å². The summed E-state index contributed by atoms with van der Waals surface area (Å²) in [7, 11) is 1.51. The molecule has 1 aliphatic rings. The molecule has 3 rings (SSSR count). The third-order valence-electron chi connectivity index (χ3n) is 5.35. The number of nitrogens with zero attached hydrogens (tertiary/aromatic N) is 4. The van der Waals surface area contributed by atoms with Crippen LogP contribution >= 0.6 is 0 Å². The molecule has 31 heavy (non-hydrogen) atoms. The van der Waals surface area contributed by atoms with Gasteiger partial charge in [0, 0.05) is 32.1 Å². The maximum atomic E-state index is 13.2. The van der Waals surface area contributed by atoms with Crippen LogP contribution in [0.1, 0.15) is 29.2 Å². The number of rotatable bonds is 7. The van der Waals surface area contributed by atoms with Crippen LogP contribution in [0.5, 0.6) is 0 Å². The van der Waals surface area contributed by atoms with Crippen molar-refractivity contribution in [2.45, 2.75) is 24.9 Å². The molecular weight excluding hydrogens is 407 g/mol. The highest BCUT2D eigenvalue weighted by atomic mass is 19.1. The van der Waals surface area contributed by atoms with Crippen molar-refractivity contribution in [1.29, 1.82) is 5.26 Å². The van der Waals surface area contributed by atoms with E-state index in [0.29, 0.717) is 25.1 Å². The molecule has 1 saturated heterocycles. The molecule has 0 radical (unpaired) electrons. The minimum Gasteiger partial charge on any atom is -0.465 e. The fraction of sp³-hybridized carbons (Fsp3) is 0.400. The van der Waals surface area contributed by atoms with Gasteiger partial charge >= 0.3 is 6.09 Å². The Kier molecular flexibility index (Phi) is 6.71. The number of amides is 2. The zero-order valence-corrected chi connectivity index (χ0v) is 16.9. The zero-order chi connectivity index (χ0) is 22.5. The molecular formula is C20H23FN6O4. The Bertz CT molecular complexity index is 987. The van der Waals surface area contributed by atoms with Crippen LogP contribution in [0.4, 0.5) is 20.7 Å². The summed E-state index contributed by atoms with van der Waals surface area (Å²) in [6.45, 7) is 0.501. The number of carbonyl (C=O) groups is 2. The Balaban J connectivity index is 1.93. The lowest BCUT2D eigenvalue weighted by Crippen LogP contribution is -2.51. The number of benzene rings is 1. The lowest BCUT2D eigenvalue weighted by Gasteiger charge is -2.41. The first-order valence-corrected chi connectivity index (χ1v) is 9.65. The van der Waals surface area contributed by atoms with Gasteiger partial charge in [-0.3, -0.25) is 9.48 Å². The van der Waals surface area contributed by atoms with E-state index < -0.39 is 35.8 Å². The molecule has 1 fully saturated rings. The first kappa shape index (κ1) is 22.0. The number of ether oxygens (including phenoxy) is 1. The van der Waals surface area contributed by atoms with E-state index in [2.05, 4.69) is 16.5 Å². The molecule has 11 heteroatoms. The second-order valence-corrected chi connectivity index (χ2v) is 7.20. The summed E-state index contributed by atoms with van der Waals surface area (Å²) in [5.74, 6) is -1.66. The Hall–Kier alpha value is -3.65. The highest BCUT2D eigenvalue weighted by molar-refractivity contribution is 5.98. The second kappa shape index (κ2) is 9.44. The largest absolute Gasteiger partial charge is 0.465 e. The summed E-state index contributed by atoms with van der Waals surface area (Å²) in [4.78, 5) is 24.9. The van der Waals surface area contributed by atoms with E-state index in [4.69, 9.17) is 10.5 Å². The van der Waals surface area contributed by atoms with E-state index in [-0.39, 0.29) is 17.9 Å². The van der Waals surface area contributed by atoms with Gasteiger partial charge in [0.25, 0.3) is 5.91 Å². The molecule has 1 aliphatic heterocycles. The van der Waals surface area contributed by atoms with Crippen LogP contribution in [0, 0.1) is 23.1 Å². The predicted molar refractivity (Wildman–Crippen MR) is 108 cm³/mol. The van der Waals surface area contributed by atoms with Gasteiger partial charge in [-0.15, -0.1) is 0 Å². The van der Waals surface area contributed by atoms with Crippen LogP contribution in [0.2, 0.25) is 0 Å². The number of likely N-dealkylation sites (tertiary alicyclic amines) is 1. The fourth-order valence-corrected chi connectivity index (χ4v) is 3.85. The number of hydrogen-bond donors (Lipinski definition) is 3. The number of primary amides is 1. The number of carboxylic acid groups (broad SMARTS) is 1. The minimum absolute atomic E-state index is 0.107. The number of nitrogens with one attached hydrogen (secondary N) is 1. The maximum absolute atomic E-state index is 13.2. The van der Waals surface area contributed by atoms with Gasteiger partial charge in [0.2, 0.25) is 0 Å². The van der Waals surface area contributed by atoms with Crippen molar-refractivity contribution < 1.29 is 23.8 Å². The van der Waals surface area contributed by atoms with E-state index in [1.54, 1.807) is 0 Å². The summed E-state index contributed by atoms with van der Waals surface area (Å²) >= 11 is 0. The average Bonchev–Trinajstić information content (AvgIpc) is 3.16. The fourth-order valence-electron chi connectivity index (χ4n) is 3.85. The van der Waals surface area contributed by atoms with Crippen molar-refractivity contribution in [2.24, 2.45) is 11.7 Å². The molecule has 4 N–H and O–H groups in total. The molecule has 2 aromatic rings. The van der Waals surface area contributed by atoms with Crippen molar-refractivity contribution in [3.8, 4) is 6.07 Å². The topological polar surface area (TPSA) is 146 Å².